The van der Waals surface area contributed by atoms with Crippen molar-refractivity contribution in [1.82, 2.24) is 0 Å². The van der Waals surface area contributed by atoms with Gasteiger partial charge in [-0.25, -0.2) is 0 Å². The van der Waals surface area contributed by atoms with E-state index in [1.165, 1.54) is 24.6 Å². The minimum atomic E-state index is -0.313. The number of benzene rings is 2. The maximum Gasteiger partial charge on any atom is 0.193 e. The van der Waals surface area contributed by atoms with Crippen LogP contribution >= 0.6 is 0 Å². The van der Waals surface area contributed by atoms with Crippen LogP contribution in [-0.4, -0.2) is 18.2 Å². The first-order valence-electron chi connectivity index (χ1n) is 9.45. The summed E-state index contributed by atoms with van der Waals surface area (Å²) in [7, 11) is 0. The van der Waals surface area contributed by atoms with Gasteiger partial charge in [-0.15, -0.1) is 4.91 Å². The van der Waals surface area contributed by atoms with E-state index in [1.54, 1.807) is 0 Å². The normalized spacial score (nSPS) is 19.7. The zero-order valence-electron chi connectivity index (χ0n) is 15.9. The van der Waals surface area contributed by atoms with Crippen molar-refractivity contribution < 1.29 is 9.52 Å². The van der Waals surface area contributed by atoms with Crippen LogP contribution in [0.1, 0.15) is 20.3 Å². The Morgan fingerprint density at radius 3 is 2.39 bits per heavy atom. The molecule has 0 bridgehead atoms. The molecule has 2 heterocycles. The molecule has 0 saturated carbocycles. The first-order valence-corrected chi connectivity index (χ1v) is 9.45. The maximum absolute atomic E-state index is 12.4. The third kappa shape index (κ3) is 3.26. The molecule has 28 heavy (non-hydrogen) atoms. The zero-order valence-corrected chi connectivity index (χ0v) is 15.9. The first-order chi connectivity index (χ1) is 13.5. The summed E-state index contributed by atoms with van der Waals surface area (Å²) in [5.41, 5.74) is 1.31. The van der Waals surface area contributed by atoms with Gasteiger partial charge in [0.05, 0.1) is 5.39 Å². The second kappa shape index (κ2) is 7.11. The van der Waals surface area contributed by atoms with Crippen LogP contribution in [-0.2, 0) is 0 Å². The quantitative estimate of drug-likeness (QED) is 0.645. The average molecular weight is 378 g/mol. The number of nitrogens with zero attached hydrogens (tertiary/aromatic N) is 2. The number of aromatic hydroxyl groups is 1. The maximum atomic E-state index is 12.4. The van der Waals surface area contributed by atoms with Crippen LogP contribution in [0.2, 0.25) is 0 Å². The minimum Gasteiger partial charge on any atom is -0.505 e. The molecular weight excluding hydrogens is 356 g/mol. The molecule has 0 radical (unpaired) electrons. The molecule has 6 heteroatoms. The number of hydrogen-bond acceptors (Lipinski definition) is 6. The van der Waals surface area contributed by atoms with E-state index >= 15 is 0 Å². The molecule has 4 rings (SSSR count). The molecule has 0 amide bonds. The number of piperidine rings is 1. The lowest BCUT2D eigenvalue weighted by Crippen LogP contribution is -2.38. The molecule has 0 spiro atoms. The van der Waals surface area contributed by atoms with Gasteiger partial charge in [-0.2, -0.15) is 0 Å². The molecule has 2 unspecified atom stereocenters. The Balaban J connectivity index is 1.72. The van der Waals surface area contributed by atoms with E-state index < -0.39 is 0 Å². The Hall–Kier alpha value is -3.15. The Morgan fingerprint density at radius 2 is 1.75 bits per heavy atom. The summed E-state index contributed by atoms with van der Waals surface area (Å²) in [5, 5.41) is 12.9. The summed E-state index contributed by atoms with van der Waals surface area (Å²) < 4.78 is 5.78. The van der Waals surface area contributed by atoms with Gasteiger partial charge in [-0.05, 0) is 59.8 Å². The van der Waals surface area contributed by atoms with E-state index in [0.717, 1.165) is 24.3 Å². The Kier molecular flexibility index (Phi) is 4.63. The fourth-order valence-corrected chi connectivity index (χ4v) is 4.14. The zero-order chi connectivity index (χ0) is 19.8. The van der Waals surface area contributed by atoms with Crippen molar-refractivity contribution >= 4 is 22.3 Å². The van der Waals surface area contributed by atoms with Gasteiger partial charge in [0.25, 0.3) is 0 Å². The molecule has 6 nitrogen and oxygen atoms in total. The van der Waals surface area contributed by atoms with Crippen LogP contribution in [0.25, 0.3) is 22.3 Å². The standard InChI is InChI=1S/C22H22N2O4/c1-13-9-14(2)12-24(11-13)16-5-3-15(4-6-16)20-10-19(26)17-7-8-18(25)21(23-27)22(17)28-20/h3-8,10,13-14,25H,9,11-12H2,1-2H3. The van der Waals surface area contributed by atoms with E-state index in [4.69, 9.17) is 4.42 Å². The minimum absolute atomic E-state index is 0.000238. The molecule has 1 fully saturated rings. The van der Waals surface area contributed by atoms with Gasteiger partial charge in [0.15, 0.2) is 16.7 Å². The first kappa shape index (κ1) is 18.2. The monoisotopic (exact) mass is 378 g/mol. The highest BCUT2D eigenvalue weighted by atomic mass is 16.3. The van der Waals surface area contributed by atoms with Crippen molar-refractivity contribution in [3.8, 4) is 17.1 Å². The molecule has 1 aromatic heterocycles. The largest absolute Gasteiger partial charge is 0.505 e. The number of phenols is 1. The lowest BCUT2D eigenvalue weighted by atomic mass is 9.91. The fraction of sp³-hybridized carbons (Fsp3) is 0.318. The number of phenolic OH excluding ortho intramolecular Hbond substituents is 1. The van der Waals surface area contributed by atoms with E-state index in [-0.39, 0.29) is 27.8 Å². The molecule has 0 aliphatic carbocycles. The topological polar surface area (TPSA) is 83.1 Å². The van der Waals surface area contributed by atoms with Crippen LogP contribution in [0.5, 0.6) is 5.75 Å². The molecular formula is C22H22N2O4. The van der Waals surface area contributed by atoms with E-state index in [2.05, 4.69) is 23.9 Å². The van der Waals surface area contributed by atoms with E-state index in [9.17, 15) is 14.8 Å². The fourth-order valence-electron chi connectivity index (χ4n) is 4.14. The highest BCUT2D eigenvalue weighted by molar-refractivity contribution is 5.91. The second-order valence-corrected chi connectivity index (χ2v) is 7.77. The summed E-state index contributed by atoms with van der Waals surface area (Å²) in [5.74, 6) is 1.33. The Morgan fingerprint density at radius 1 is 1.07 bits per heavy atom. The number of hydrogen-bond donors (Lipinski definition) is 1. The van der Waals surface area contributed by atoms with Gasteiger partial charge in [0.1, 0.15) is 11.5 Å². The van der Waals surface area contributed by atoms with E-state index in [1.807, 2.05) is 24.3 Å². The summed E-state index contributed by atoms with van der Waals surface area (Å²) in [6, 6.07) is 11.9. The highest BCUT2D eigenvalue weighted by Gasteiger charge is 2.22. The summed E-state index contributed by atoms with van der Waals surface area (Å²) in [4.78, 5) is 25.9. The lowest BCUT2D eigenvalue weighted by molar-refractivity contribution is 0.357. The molecule has 1 N–H and O–H groups in total. The predicted molar refractivity (Wildman–Crippen MR) is 110 cm³/mol. The molecule has 1 aliphatic heterocycles. The van der Waals surface area contributed by atoms with Gasteiger partial charge in [0.2, 0.25) is 0 Å². The van der Waals surface area contributed by atoms with Gasteiger partial charge < -0.3 is 14.4 Å². The SMILES string of the molecule is CC1CC(C)CN(c2ccc(-c3cc(=O)c4ccc(O)c(N=O)c4o3)cc2)C1. The van der Waals surface area contributed by atoms with Crippen molar-refractivity contribution in [2.45, 2.75) is 20.3 Å². The van der Waals surface area contributed by atoms with Crippen molar-refractivity contribution in [2.75, 3.05) is 18.0 Å². The number of anilines is 1. The summed E-state index contributed by atoms with van der Waals surface area (Å²) in [6.07, 6.45) is 1.25. The summed E-state index contributed by atoms with van der Waals surface area (Å²) >= 11 is 0. The van der Waals surface area contributed by atoms with Crippen LogP contribution in [0.15, 0.2) is 56.9 Å². The van der Waals surface area contributed by atoms with Crippen LogP contribution in [0.4, 0.5) is 11.4 Å². The summed E-state index contributed by atoms with van der Waals surface area (Å²) in [6.45, 7) is 6.61. The molecule has 2 aromatic carbocycles. The molecule has 3 aromatic rings. The van der Waals surface area contributed by atoms with Crippen molar-refractivity contribution in [3.05, 3.63) is 57.6 Å². The number of nitroso groups, excluding NO2 is 1. The number of rotatable bonds is 3. The Labute approximate surface area is 162 Å². The smallest absolute Gasteiger partial charge is 0.193 e. The van der Waals surface area contributed by atoms with Gasteiger partial charge >= 0.3 is 0 Å². The van der Waals surface area contributed by atoms with Crippen molar-refractivity contribution in [1.29, 1.82) is 0 Å². The van der Waals surface area contributed by atoms with Crippen molar-refractivity contribution in [3.63, 3.8) is 0 Å². The molecule has 144 valence electrons. The molecule has 2 atom stereocenters. The van der Waals surface area contributed by atoms with Gasteiger partial charge in [-0.3, -0.25) is 4.79 Å². The van der Waals surface area contributed by atoms with Gasteiger partial charge in [-0.1, -0.05) is 13.8 Å². The average Bonchev–Trinajstić information content (AvgIpc) is 2.67. The van der Waals surface area contributed by atoms with Crippen LogP contribution in [0.3, 0.4) is 0 Å². The highest BCUT2D eigenvalue weighted by Crippen LogP contribution is 2.36. The molecule has 1 saturated heterocycles. The lowest BCUT2D eigenvalue weighted by Gasteiger charge is -2.36. The molecule has 1 aliphatic rings. The van der Waals surface area contributed by atoms with E-state index in [0.29, 0.717) is 17.6 Å². The predicted octanol–water partition coefficient (Wildman–Crippen LogP) is 5.05. The second-order valence-electron chi connectivity index (χ2n) is 7.77. The van der Waals surface area contributed by atoms with Crippen LogP contribution in [0, 0.1) is 16.7 Å². The van der Waals surface area contributed by atoms with Crippen molar-refractivity contribution in [2.24, 2.45) is 17.0 Å². The van der Waals surface area contributed by atoms with Crippen LogP contribution < -0.4 is 10.3 Å². The third-order valence-electron chi connectivity index (χ3n) is 5.33. The Bertz CT molecular complexity index is 1080. The third-order valence-corrected chi connectivity index (χ3v) is 5.33. The number of fused-ring (bicyclic) bond motifs is 1. The van der Waals surface area contributed by atoms with Gasteiger partial charge in [0, 0.05) is 30.4 Å².